The van der Waals surface area contributed by atoms with Crippen LogP contribution in [-0.4, -0.2) is 31.4 Å². The average molecular weight is 253 g/mol. The van der Waals surface area contributed by atoms with Crippen molar-refractivity contribution < 1.29 is 5.11 Å². The Labute approximate surface area is 106 Å². The minimum atomic E-state index is -0.397. The number of aliphatic hydroxyl groups excluding tert-OH is 1. The highest BCUT2D eigenvalue weighted by Gasteiger charge is 2.25. The molecule has 0 spiro atoms. The van der Waals surface area contributed by atoms with Gasteiger partial charge in [-0.15, -0.1) is 10.2 Å². The number of aliphatic hydroxyl groups is 1. The Morgan fingerprint density at radius 3 is 3.06 bits per heavy atom. The van der Waals surface area contributed by atoms with E-state index in [1.165, 1.54) is 24.3 Å². The van der Waals surface area contributed by atoms with Crippen molar-refractivity contribution in [2.75, 3.05) is 11.5 Å². The molecule has 1 aromatic rings. The fourth-order valence-corrected chi connectivity index (χ4v) is 3.94. The average Bonchev–Trinajstić information content (AvgIpc) is 2.76. The van der Waals surface area contributed by atoms with Crippen molar-refractivity contribution in [3.63, 3.8) is 0 Å². The number of thioether (sulfide) groups is 1. The summed E-state index contributed by atoms with van der Waals surface area (Å²) in [5, 5.41) is 18.3. The molecule has 0 radical (unpaired) electrons. The van der Waals surface area contributed by atoms with E-state index >= 15 is 0 Å². The standard InChI is InChI=1S/C12H19N3OS/c16-10-4-1-5-15-11(13-14-12(10)15)7-9-3-2-6-17-8-9/h9-10,16H,1-8H2. The normalized spacial score (nSPS) is 29.0. The highest BCUT2D eigenvalue weighted by atomic mass is 32.2. The van der Waals surface area contributed by atoms with E-state index in [1.54, 1.807) is 0 Å². The lowest BCUT2D eigenvalue weighted by Crippen LogP contribution is -2.20. The van der Waals surface area contributed by atoms with Crippen LogP contribution in [-0.2, 0) is 13.0 Å². The van der Waals surface area contributed by atoms with Crippen LogP contribution in [0.4, 0.5) is 0 Å². The molecular weight excluding hydrogens is 234 g/mol. The van der Waals surface area contributed by atoms with Gasteiger partial charge in [0.05, 0.1) is 0 Å². The lowest BCUT2D eigenvalue weighted by Gasteiger charge is -2.23. The summed E-state index contributed by atoms with van der Waals surface area (Å²) in [5.41, 5.74) is 0. The van der Waals surface area contributed by atoms with E-state index in [9.17, 15) is 5.11 Å². The third-order valence-electron chi connectivity index (χ3n) is 3.74. The molecule has 1 fully saturated rings. The monoisotopic (exact) mass is 253 g/mol. The lowest BCUT2D eigenvalue weighted by atomic mass is 10.0. The van der Waals surface area contributed by atoms with Crippen LogP contribution in [0.5, 0.6) is 0 Å². The number of nitrogens with zero attached hydrogens (tertiary/aromatic N) is 3. The molecule has 2 aliphatic heterocycles. The van der Waals surface area contributed by atoms with Gasteiger partial charge >= 0.3 is 0 Å². The van der Waals surface area contributed by atoms with Crippen LogP contribution in [0.3, 0.4) is 0 Å². The Hall–Kier alpha value is -0.550. The highest BCUT2D eigenvalue weighted by molar-refractivity contribution is 7.99. The maximum Gasteiger partial charge on any atom is 0.161 e. The van der Waals surface area contributed by atoms with E-state index in [2.05, 4.69) is 26.5 Å². The molecule has 3 heterocycles. The molecular formula is C12H19N3OS. The zero-order chi connectivity index (χ0) is 11.7. The second-order valence-corrected chi connectivity index (χ2v) is 6.22. The molecule has 5 heteroatoms. The number of hydrogen-bond acceptors (Lipinski definition) is 4. The Bertz CT molecular complexity index is 387. The first kappa shape index (κ1) is 11.5. The quantitative estimate of drug-likeness (QED) is 0.873. The minimum absolute atomic E-state index is 0.397. The zero-order valence-corrected chi connectivity index (χ0v) is 10.8. The highest BCUT2D eigenvalue weighted by Crippen LogP contribution is 2.28. The van der Waals surface area contributed by atoms with Gasteiger partial charge in [0, 0.05) is 13.0 Å². The first-order valence-electron chi connectivity index (χ1n) is 6.52. The molecule has 94 valence electrons. The van der Waals surface area contributed by atoms with Crippen molar-refractivity contribution >= 4 is 11.8 Å². The van der Waals surface area contributed by atoms with Gasteiger partial charge in [-0.2, -0.15) is 11.8 Å². The molecule has 1 saturated heterocycles. The minimum Gasteiger partial charge on any atom is -0.385 e. The molecule has 0 aromatic carbocycles. The third kappa shape index (κ3) is 2.36. The van der Waals surface area contributed by atoms with Gasteiger partial charge in [-0.05, 0) is 43.1 Å². The Morgan fingerprint density at radius 2 is 2.24 bits per heavy atom. The predicted molar refractivity (Wildman–Crippen MR) is 68.0 cm³/mol. The van der Waals surface area contributed by atoms with Crippen molar-refractivity contribution in [1.29, 1.82) is 0 Å². The second kappa shape index (κ2) is 4.98. The molecule has 17 heavy (non-hydrogen) atoms. The molecule has 1 aromatic heterocycles. The van der Waals surface area contributed by atoms with Gasteiger partial charge in [0.25, 0.3) is 0 Å². The van der Waals surface area contributed by atoms with Crippen LogP contribution >= 0.6 is 11.8 Å². The summed E-state index contributed by atoms with van der Waals surface area (Å²) < 4.78 is 2.15. The summed E-state index contributed by atoms with van der Waals surface area (Å²) in [4.78, 5) is 0. The molecule has 0 aliphatic carbocycles. The van der Waals surface area contributed by atoms with Gasteiger partial charge in [-0.3, -0.25) is 0 Å². The van der Waals surface area contributed by atoms with E-state index < -0.39 is 6.10 Å². The molecule has 4 nitrogen and oxygen atoms in total. The van der Waals surface area contributed by atoms with Crippen molar-refractivity contribution in [3.8, 4) is 0 Å². The largest absolute Gasteiger partial charge is 0.385 e. The van der Waals surface area contributed by atoms with Gasteiger partial charge in [-0.25, -0.2) is 0 Å². The summed E-state index contributed by atoms with van der Waals surface area (Å²) in [6.45, 7) is 0.981. The molecule has 2 atom stereocenters. The van der Waals surface area contributed by atoms with Crippen LogP contribution < -0.4 is 0 Å². The smallest absolute Gasteiger partial charge is 0.161 e. The summed E-state index contributed by atoms with van der Waals surface area (Å²) in [6, 6.07) is 0. The van der Waals surface area contributed by atoms with Crippen LogP contribution in [0.1, 0.15) is 43.4 Å². The fraction of sp³-hybridized carbons (Fsp3) is 0.833. The van der Waals surface area contributed by atoms with Crippen LogP contribution in [0.2, 0.25) is 0 Å². The maximum absolute atomic E-state index is 9.85. The number of aromatic nitrogens is 3. The van der Waals surface area contributed by atoms with Gasteiger partial charge < -0.3 is 9.67 Å². The molecule has 0 bridgehead atoms. The summed E-state index contributed by atoms with van der Waals surface area (Å²) >= 11 is 2.06. The van der Waals surface area contributed by atoms with E-state index in [4.69, 9.17) is 0 Å². The molecule has 0 saturated carbocycles. The molecule has 2 aliphatic rings. The van der Waals surface area contributed by atoms with Gasteiger partial charge in [0.1, 0.15) is 11.9 Å². The Balaban J connectivity index is 1.74. The number of fused-ring (bicyclic) bond motifs is 1. The van der Waals surface area contributed by atoms with Crippen molar-refractivity contribution in [2.45, 2.75) is 44.8 Å². The summed E-state index contributed by atoms with van der Waals surface area (Å²) in [6.07, 6.45) is 5.16. The summed E-state index contributed by atoms with van der Waals surface area (Å²) in [5.74, 6) is 5.19. The van der Waals surface area contributed by atoms with Crippen LogP contribution in [0.15, 0.2) is 0 Å². The first-order valence-corrected chi connectivity index (χ1v) is 7.68. The second-order valence-electron chi connectivity index (χ2n) is 5.07. The molecule has 0 amide bonds. The Kier molecular flexibility index (Phi) is 3.38. The molecule has 3 rings (SSSR count). The SMILES string of the molecule is OC1CCCn2c(CC3CCCSC3)nnc21. The van der Waals surface area contributed by atoms with Gasteiger partial charge in [-0.1, -0.05) is 0 Å². The van der Waals surface area contributed by atoms with Gasteiger partial charge in [0.15, 0.2) is 5.82 Å². The molecule has 1 N–H and O–H groups in total. The predicted octanol–water partition coefficient (Wildman–Crippen LogP) is 1.79. The topological polar surface area (TPSA) is 50.9 Å². The van der Waals surface area contributed by atoms with Crippen molar-refractivity contribution in [1.82, 2.24) is 14.8 Å². The van der Waals surface area contributed by atoms with E-state index in [0.29, 0.717) is 0 Å². The van der Waals surface area contributed by atoms with E-state index in [1.807, 2.05) is 0 Å². The third-order valence-corrected chi connectivity index (χ3v) is 5.02. The maximum atomic E-state index is 9.85. The Morgan fingerprint density at radius 1 is 1.29 bits per heavy atom. The summed E-state index contributed by atoms with van der Waals surface area (Å²) in [7, 11) is 0. The van der Waals surface area contributed by atoms with Crippen molar-refractivity contribution in [3.05, 3.63) is 11.6 Å². The lowest BCUT2D eigenvalue weighted by molar-refractivity contribution is 0.132. The van der Waals surface area contributed by atoms with Crippen molar-refractivity contribution in [2.24, 2.45) is 5.92 Å². The van der Waals surface area contributed by atoms with E-state index in [0.717, 1.165) is 43.4 Å². The van der Waals surface area contributed by atoms with Gasteiger partial charge in [0.2, 0.25) is 0 Å². The van der Waals surface area contributed by atoms with Crippen LogP contribution in [0.25, 0.3) is 0 Å². The fourth-order valence-electron chi connectivity index (χ4n) is 2.79. The first-order chi connectivity index (χ1) is 8.34. The molecule has 2 unspecified atom stereocenters. The van der Waals surface area contributed by atoms with Crippen LogP contribution in [0, 0.1) is 5.92 Å². The number of hydrogen-bond donors (Lipinski definition) is 1. The number of rotatable bonds is 2. The van der Waals surface area contributed by atoms with E-state index in [-0.39, 0.29) is 0 Å². The zero-order valence-electron chi connectivity index (χ0n) is 10.0.